The Morgan fingerprint density at radius 2 is 1.56 bits per heavy atom. The molecule has 3 unspecified atom stereocenters. The summed E-state index contributed by atoms with van der Waals surface area (Å²) in [5.41, 5.74) is 0.256. The predicted molar refractivity (Wildman–Crippen MR) is 100 cm³/mol. The molecule has 0 aromatic heterocycles. The van der Waals surface area contributed by atoms with Crippen LogP contribution in [0, 0.1) is 17.8 Å². The fourth-order valence-electron chi connectivity index (χ4n) is 6.40. The number of rotatable bonds is 4. The highest BCUT2D eigenvalue weighted by Gasteiger charge is 2.78. The Labute approximate surface area is 169 Å². The summed E-state index contributed by atoms with van der Waals surface area (Å²) in [6, 6.07) is 3.72. The third-order valence-corrected chi connectivity index (χ3v) is 8.09. The minimum Gasteiger partial charge on any atom is -0.495 e. The molecule has 148 valence electrons. The summed E-state index contributed by atoms with van der Waals surface area (Å²) in [6.45, 7) is 0. The number of ether oxygens (including phenoxy) is 3. The van der Waals surface area contributed by atoms with Crippen LogP contribution in [0.5, 0.6) is 11.5 Å². The minimum atomic E-state index is -1.02. The normalized spacial score (nSPS) is 44.4. The van der Waals surface area contributed by atoms with Crippen molar-refractivity contribution in [1.29, 1.82) is 0 Å². The molecule has 4 aliphatic carbocycles. The number of alkyl halides is 1. The van der Waals surface area contributed by atoms with E-state index in [4.69, 9.17) is 47.2 Å². The molecule has 0 N–H and O–H groups in total. The van der Waals surface area contributed by atoms with Gasteiger partial charge in [-0.2, -0.15) is 4.89 Å². The van der Waals surface area contributed by atoms with E-state index in [-0.39, 0.29) is 4.87 Å². The molecule has 1 spiro atoms. The molecule has 1 saturated heterocycles. The van der Waals surface area contributed by atoms with Gasteiger partial charge in [0.05, 0.1) is 14.2 Å². The molecule has 1 heterocycles. The van der Waals surface area contributed by atoms with Gasteiger partial charge in [-0.25, -0.2) is 4.89 Å². The Balaban J connectivity index is 1.63. The third kappa shape index (κ3) is 2.18. The van der Waals surface area contributed by atoms with E-state index in [1.807, 2.05) is 12.1 Å². The molecule has 1 aliphatic heterocycles. The Hall–Kier alpha value is -0.720. The van der Waals surface area contributed by atoms with Crippen molar-refractivity contribution in [2.24, 2.45) is 17.8 Å². The van der Waals surface area contributed by atoms with Crippen LogP contribution >= 0.6 is 23.2 Å². The van der Waals surface area contributed by atoms with Crippen LogP contribution in [0.25, 0.3) is 0 Å². The molecule has 4 saturated carbocycles. The lowest BCUT2D eigenvalue weighted by molar-refractivity contribution is -0.645. The predicted octanol–water partition coefficient (Wildman–Crippen LogP) is 4.67. The summed E-state index contributed by atoms with van der Waals surface area (Å²) >= 11 is 13.3. The zero-order valence-electron chi connectivity index (χ0n) is 15.7. The molecule has 1 aromatic carbocycles. The average molecular weight is 415 g/mol. The van der Waals surface area contributed by atoms with E-state index in [0.717, 1.165) is 37.7 Å². The SMILES string of the molecule is COc1cc(C2(OC)OOC23C2CC4CC3CC(Cl)(C4)C2)cc(OC)c1Cl. The lowest BCUT2D eigenvalue weighted by Crippen LogP contribution is -2.78. The smallest absolute Gasteiger partial charge is 0.260 e. The molecule has 7 heteroatoms. The number of hydrogen-bond donors (Lipinski definition) is 0. The lowest BCUT2D eigenvalue weighted by Gasteiger charge is -2.70. The molecular weight excluding hydrogens is 391 g/mol. The Bertz CT molecular complexity index is 739. The second-order valence-corrected chi connectivity index (χ2v) is 9.65. The largest absolute Gasteiger partial charge is 0.495 e. The van der Waals surface area contributed by atoms with Crippen molar-refractivity contribution in [1.82, 2.24) is 0 Å². The van der Waals surface area contributed by atoms with Crippen molar-refractivity contribution in [3.63, 3.8) is 0 Å². The average Bonchev–Trinajstić information content (AvgIpc) is 2.61. The van der Waals surface area contributed by atoms with Gasteiger partial charge in [0.15, 0.2) is 5.60 Å². The van der Waals surface area contributed by atoms with Crippen LogP contribution < -0.4 is 9.47 Å². The van der Waals surface area contributed by atoms with Gasteiger partial charge in [-0.05, 0) is 62.0 Å². The van der Waals surface area contributed by atoms with Crippen LogP contribution in [0.1, 0.15) is 37.7 Å². The Morgan fingerprint density at radius 1 is 0.963 bits per heavy atom. The van der Waals surface area contributed by atoms with Gasteiger partial charge < -0.3 is 14.2 Å². The van der Waals surface area contributed by atoms with E-state index >= 15 is 0 Å². The minimum absolute atomic E-state index is 0.102. The molecule has 3 atom stereocenters. The number of methoxy groups -OCH3 is 3. The molecule has 0 amide bonds. The second kappa shape index (κ2) is 5.90. The first-order valence-corrected chi connectivity index (χ1v) is 10.2. The highest BCUT2D eigenvalue weighted by Crippen LogP contribution is 2.71. The van der Waals surface area contributed by atoms with Crippen molar-refractivity contribution in [2.75, 3.05) is 21.3 Å². The van der Waals surface area contributed by atoms with Crippen molar-refractivity contribution >= 4 is 23.2 Å². The second-order valence-electron chi connectivity index (χ2n) is 8.47. The van der Waals surface area contributed by atoms with Gasteiger partial charge in [-0.1, -0.05) is 11.6 Å². The van der Waals surface area contributed by atoms with Crippen LogP contribution in [0.3, 0.4) is 0 Å². The highest BCUT2D eigenvalue weighted by atomic mass is 35.5. The number of hydrogen-bond acceptors (Lipinski definition) is 5. The maximum Gasteiger partial charge on any atom is 0.260 e. The first-order valence-electron chi connectivity index (χ1n) is 9.44. The third-order valence-electron chi connectivity index (χ3n) is 7.25. The zero-order valence-corrected chi connectivity index (χ0v) is 17.2. The first kappa shape index (κ1) is 18.3. The molecule has 5 aliphatic rings. The maximum atomic E-state index is 6.94. The van der Waals surface area contributed by atoms with E-state index < -0.39 is 11.4 Å². The number of benzene rings is 1. The molecule has 0 radical (unpaired) electrons. The van der Waals surface area contributed by atoms with Crippen LogP contribution in [0.4, 0.5) is 0 Å². The Morgan fingerprint density at radius 3 is 1.96 bits per heavy atom. The summed E-state index contributed by atoms with van der Waals surface area (Å²) in [6.07, 6.45) is 5.17. The summed E-state index contributed by atoms with van der Waals surface area (Å²) in [5.74, 6) is 1.27. The summed E-state index contributed by atoms with van der Waals surface area (Å²) in [4.78, 5) is 11.7. The van der Waals surface area contributed by atoms with E-state index in [1.54, 1.807) is 21.3 Å². The first-order chi connectivity index (χ1) is 12.9. The quantitative estimate of drug-likeness (QED) is 0.528. The zero-order chi connectivity index (χ0) is 19.0. The van der Waals surface area contributed by atoms with Crippen LogP contribution in [0.2, 0.25) is 5.02 Å². The lowest BCUT2D eigenvalue weighted by atomic mass is 9.46. The number of halogens is 2. The van der Waals surface area contributed by atoms with E-state index in [1.165, 1.54) is 0 Å². The molecule has 5 nitrogen and oxygen atoms in total. The monoisotopic (exact) mass is 414 g/mol. The van der Waals surface area contributed by atoms with Crippen molar-refractivity contribution in [2.45, 2.75) is 48.4 Å². The van der Waals surface area contributed by atoms with E-state index in [2.05, 4.69) is 0 Å². The van der Waals surface area contributed by atoms with Crippen molar-refractivity contribution in [3.8, 4) is 11.5 Å². The van der Waals surface area contributed by atoms with Gasteiger partial charge in [0.2, 0.25) is 0 Å². The molecule has 6 rings (SSSR count). The van der Waals surface area contributed by atoms with Gasteiger partial charge in [0.25, 0.3) is 5.79 Å². The van der Waals surface area contributed by atoms with E-state index in [9.17, 15) is 0 Å². The van der Waals surface area contributed by atoms with Gasteiger partial charge in [-0.15, -0.1) is 11.6 Å². The van der Waals surface area contributed by atoms with E-state index in [0.29, 0.717) is 34.3 Å². The molecule has 1 aromatic rings. The van der Waals surface area contributed by atoms with Gasteiger partial charge in [-0.3, -0.25) is 0 Å². The van der Waals surface area contributed by atoms with Gasteiger partial charge >= 0.3 is 0 Å². The van der Waals surface area contributed by atoms with Crippen molar-refractivity contribution < 1.29 is 24.0 Å². The standard InChI is InChI=1S/C20H24Cl2O5/c1-23-15-6-12(7-16(24-2)17(15)21)20(25-3)19(26-27-20)13-4-11-5-14(19)10-18(22,8-11)9-13/h6-7,11,13-14H,4-5,8-10H2,1-3H3. The molecule has 4 bridgehead atoms. The van der Waals surface area contributed by atoms with Crippen molar-refractivity contribution in [3.05, 3.63) is 22.7 Å². The summed E-state index contributed by atoms with van der Waals surface area (Å²) in [5, 5.41) is 0.425. The fraction of sp³-hybridized carbons (Fsp3) is 0.700. The summed E-state index contributed by atoms with van der Waals surface area (Å²) < 4.78 is 17.0. The Kier molecular flexibility index (Phi) is 4.00. The van der Waals surface area contributed by atoms with Gasteiger partial charge in [0, 0.05) is 17.5 Å². The van der Waals surface area contributed by atoms with Crippen LogP contribution in [0.15, 0.2) is 12.1 Å². The van der Waals surface area contributed by atoms with Crippen LogP contribution in [-0.4, -0.2) is 31.8 Å². The molecule has 5 fully saturated rings. The fourth-order valence-corrected chi connectivity index (χ4v) is 7.26. The van der Waals surface area contributed by atoms with Gasteiger partial charge in [0.1, 0.15) is 16.5 Å². The molecule has 27 heavy (non-hydrogen) atoms. The summed E-state index contributed by atoms with van der Waals surface area (Å²) in [7, 11) is 4.83. The van der Waals surface area contributed by atoms with Crippen LogP contribution in [-0.2, 0) is 20.3 Å². The molecular formula is C20H24Cl2O5. The maximum absolute atomic E-state index is 6.94. The topological polar surface area (TPSA) is 46.2 Å². The highest BCUT2D eigenvalue weighted by molar-refractivity contribution is 6.33.